The summed E-state index contributed by atoms with van der Waals surface area (Å²) in [5.41, 5.74) is -2.36. The van der Waals surface area contributed by atoms with Gasteiger partial charge in [0.1, 0.15) is 18.1 Å². The van der Waals surface area contributed by atoms with E-state index in [1.165, 1.54) is 6.08 Å². The minimum Gasteiger partial charge on any atom is -0.490 e. The van der Waals surface area contributed by atoms with Gasteiger partial charge in [0.15, 0.2) is 10.9 Å². The molecule has 1 aromatic heterocycles. The van der Waals surface area contributed by atoms with Crippen molar-refractivity contribution >= 4 is 23.3 Å². The number of hydrogen-bond acceptors (Lipinski definition) is 7. The Hall–Kier alpha value is -2.67. The number of thioether (sulfide) groups is 1. The molecule has 7 heteroatoms. The molecule has 0 fully saturated rings. The summed E-state index contributed by atoms with van der Waals surface area (Å²) in [7, 11) is 0. The van der Waals surface area contributed by atoms with Gasteiger partial charge in [0.25, 0.3) is 0 Å². The van der Waals surface area contributed by atoms with Crippen LogP contribution in [0.5, 0.6) is 5.75 Å². The van der Waals surface area contributed by atoms with Gasteiger partial charge in [-0.15, -0.1) is 0 Å². The first-order chi connectivity index (χ1) is 15.3. The van der Waals surface area contributed by atoms with Crippen molar-refractivity contribution in [1.82, 2.24) is 9.97 Å². The highest BCUT2D eigenvalue weighted by atomic mass is 32.2. The Labute approximate surface area is 152 Å². The largest absolute Gasteiger partial charge is 0.490 e. The van der Waals surface area contributed by atoms with Crippen molar-refractivity contribution in [1.29, 1.82) is 0 Å². The second-order valence-electron chi connectivity index (χ2n) is 3.77. The zero-order chi connectivity index (χ0) is 25.1. The van der Waals surface area contributed by atoms with E-state index in [9.17, 15) is 4.79 Å². The summed E-state index contributed by atoms with van der Waals surface area (Å²) in [5, 5.41) is 6.61. The van der Waals surface area contributed by atoms with Gasteiger partial charge in [-0.05, 0) is 24.3 Å². The number of nitrogens with zero attached hydrogens (tertiary/aromatic N) is 3. The Morgan fingerprint density at radius 3 is 3.35 bits per heavy atom. The average molecular weight is 339 g/mol. The van der Waals surface area contributed by atoms with E-state index in [1.54, 1.807) is 0 Å². The molecule has 0 aliphatic heterocycles. The maximum atomic E-state index is 13.2. The van der Waals surface area contributed by atoms with Crippen LogP contribution in [0.15, 0.2) is 59.4 Å². The average Bonchev–Trinajstić information content (AvgIpc) is 2.72. The van der Waals surface area contributed by atoms with E-state index < -0.39 is 76.2 Å². The fourth-order valence-electron chi connectivity index (χ4n) is 1.40. The summed E-state index contributed by atoms with van der Waals surface area (Å²) >= 11 is 0.165. The van der Waals surface area contributed by atoms with Gasteiger partial charge in [-0.2, -0.15) is 0 Å². The molecule has 2 aromatic rings. The first-order valence-corrected chi connectivity index (χ1v) is 6.79. The Morgan fingerprint density at radius 2 is 2.57 bits per heavy atom. The van der Waals surface area contributed by atoms with Crippen molar-refractivity contribution in [2.45, 2.75) is 5.16 Å². The third-order valence-corrected chi connectivity index (χ3v) is 2.70. The van der Waals surface area contributed by atoms with E-state index in [0.717, 1.165) is 0 Å². The van der Waals surface area contributed by atoms with Crippen LogP contribution in [-0.2, 0) is 0 Å². The molecule has 1 N–H and O–H groups in total. The van der Waals surface area contributed by atoms with E-state index in [0.29, 0.717) is 0 Å². The fourth-order valence-corrected chi connectivity index (χ4v) is 1.63. The van der Waals surface area contributed by atoms with Crippen molar-refractivity contribution in [2.24, 2.45) is 5.16 Å². The molecule has 0 spiro atoms. The molecular weight excluding hydrogens is 314 g/mol. The Bertz CT molecular complexity index is 1140. The molecule has 0 saturated carbocycles. The molecule has 0 radical (unpaired) electrons. The van der Waals surface area contributed by atoms with Gasteiger partial charge < -0.3 is 9.95 Å². The Kier molecular flexibility index (Phi) is 2.72. The quantitative estimate of drug-likeness (QED) is 0.151. The minimum absolute atomic E-state index is 0.165. The zero-order valence-electron chi connectivity index (χ0n) is 21.5. The number of carbonyl (C=O) groups is 1. The first-order valence-electron chi connectivity index (χ1n) is 10.9. The van der Waals surface area contributed by atoms with Gasteiger partial charge in [0, 0.05) is 15.8 Å². The molecule has 0 aliphatic carbocycles. The number of hydrogen-bond donors (Lipinski definition) is 1. The van der Waals surface area contributed by atoms with Gasteiger partial charge in [-0.3, -0.25) is 4.79 Å². The molecule has 0 amide bonds. The number of oxime groups is 1. The van der Waals surface area contributed by atoms with Gasteiger partial charge in [0.2, 0.25) is 5.78 Å². The third-order valence-electron chi connectivity index (χ3n) is 2.33. The number of benzene rings is 1. The summed E-state index contributed by atoms with van der Waals surface area (Å²) in [5.74, 6) is -1.79. The predicted molar refractivity (Wildman–Crippen MR) is 88.6 cm³/mol. The molecule has 0 unspecified atom stereocenters. The van der Waals surface area contributed by atoms with Crippen LogP contribution in [0.25, 0.3) is 0 Å². The highest BCUT2D eigenvalue weighted by molar-refractivity contribution is 7.98. The predicted octanol–water partition coefficient (Wildman–Crippen LogP) is 2.82. The zero-order valence-corrected chi connectivity index (χ0v) is 12.3. The van der Waals surface area contributed by atoms with E-state index in [-0.39, 0.29) is 18.4 Å². The van der Waals surface area contributed by atoms with E-state index in [2.05, 4.69) is 26.9 Å². The standard InChI is InChI=1S/C16H15N3O3S/c1-3-9-22-12-6-4-5-11(10-12)15(20)14(19-21)13-7-8-17-16(18-13)23-2/h3-8,10,21H,1,9H2,2H3/i2D3,4D,5D,6D,7D,8D,10D/hD. The number of carbonyl (C=O) groups excluding carboxylic acids is 1. The molecule has 1 heterocycles. The molecule has 0 aliphatic rings. The summed E-state index contributed by atoms with van der Waals surface area (Å²) in [4.78, 5) is 20.6. The van der Waals surface area contributed by atoms with Crippen LogP contribution in [0, 0.1) is 0 Å². The summed E-state index contributed by atoms with van der Waals surface area (Å²) < 4.78 is 81.9. The number of ketones is 1. The minimum atomic E-state index is -2.62. The maximum Gasteiger partial charge on any atom is 0.330 e. The van der Waals surface area contributed by atoms with Crippen LogP contribution in [0.1, 0.15) is 28.4 Å². The number of ether oxygens (including phenoxy) is 1. The molecule has 0 bridgehead atoms. The molecule has 23 heavy (non-hydrogen) atoms. The molecule has 118 valence electrons. The van der Waals surface area contributed by atoms with Crippen LogP contribution in [0.2, 0.25) is 1.43 Å². The Balaban J connectivity index is 2.75. The van der Waals surface area contributed by atoms with Crippen LogP contribution in [0.3, 0.4) is 0 Å². The van der Waals surface area contributed by atoms with Crippen LogP contribution >= 0.6 is 11.8 Å². The normalized spacial score (nSPS) is 17.7. The lowest BCUT2D eigenvalue weighted by Gasteiger charge is -2.07. The second-order valence-corrected chi connectivity index (χ2v) is 4.34. The Morgan fingerprint density at radius 1 is 1.65 bits per heavy atom. The summed E-state index contributed by atoms with van der Waals surface area (Å²) in [6.45, 7) is 3.26. The third kappa shape index (κ3) is 4.17. The summed E-state index contributed by atoms with van der Waals surface area (Å²) in [6.07, 6.45) is -2.08. The highest BCUT2D eigenvalue weighted by Gasteiger charge is 2.19. The van der Waals surface area contributed by atoms with E-state index >= 15 is 0 Å². The van der Waals surface area contributed by atoms with E-state index in [1.807, 2.05) is 0 Å². The van der Waals surface area contributed by atoms with Crippen LogP contribution in [-0.4, -0.2) is 39.5 Å². The van der Waals surface area contributed by atoms with Gasteiger partial charge in [-0.25, -0.2) is 9.97 Å². The molecule has 1 aromatic carbocycles. The number of Topliss-reactive ketones (excluding diaryl/α,β-unsaturated/α-hetero) is 1. The molecule has 0 saturated heterocycles. The lowest BCUT2D eigenvalue weighted by molar-refractivity contribution is 0.106. The highest BCUT2D eigenvalue weighted by Crippen LogP contribution is 2.16. The van der Waals surface area contributed by atoms with Crippen molar-refractivity contribution in [3.63, 3.8) is 0 Å². The lowest BCUT2D eigenvalue weighted by Crippen LogP contribution is -2.18. The number of aromatic nitrogens is 2. The van der Waals surface area contributed by atoms with Crippen molar-refractivity contribution < 1.29 is 28.5 Å². The molecular formula is C16H15N3O3S. The van der Waals surface area contributed by atoms with Gasteiger partial charge in [-0.1, -0.05) is 41.7 Å². The van der Waals surface area contributed by atoms with Crippen molar-refractivity contribution in [3.8, 4) is 5.75 Å². The van der Waals surface area contributed by atoms with Gasteiger partial charge in [0.05, 0.1) is 8.22 Å². The number of rotatable bonds is 8. The second kappa shape index (κ2) is 8.09. The molecule has 2 rings (SSSR count). The van der Waals surface area contributed by atoms with Crippen molar-refractivity contribution in [3.05, 3.63) is 60.3 Å². The molecule has 6 nitrogen and oxygen atoms in total. The lowest BCUT2D eigenvalue weighted by atomic mass is 10.0. The molecule has 0 atom stereocenters. The topological polar surface area (TPSA) is 84.7 Å². The van der Waals surface area contributed by atoms with E-state index in [4.69, 9.17) is 18.5 Å². The van der Waals surface area contributed by atoms with Gasteiger partial charge >= 0.3 is 1.43 Å². The van der Waals surface area contributed by atoms with Crippen LogP contribution in [0.4, 0.5) is 0 Å². The smallest absolute Gasteiger partial charge is 0.330 e. The maximum absolute atomic E-state index is 13.2. The van der Waals surface area contributed by atoms with Crippen LogP contribution < -0.4 is 4.74 Å². The fraction of sp³-hybridized carbons (Fsp3) is 0.125. The van der Waals surface area contributed by atoms with Crippen molar-refractivity contribution in [2.75, 3.05) is 12.8 Å². The monoisotopic (exact) mass is 339 g/mol. The summed E-state index contributed by atoms with van der Waals surface area (Å²) in [6, 6.07) is -3.70. The SMILES string of the molecule is [2H]ON=C(C(=O)c1c([2H])c([2H])c([2H])c(OCC=C)c1[2H])c1nc(SC([2H])([2H])[2H])nc([2H])c1[2H]. The first kappa shape index (κ1) is 7.74.